The highest BCUT2D eigenvalue weighted by atomic mass is 19.1. The molecule has 0 bridgehead atoms. The summed E-state index contributed by atoms with van der Waals surface area (Å²) in [7, 11) is 0. The van der Waals surface area contributed by atoms with Crippen LogP contribution in [0, 0.1) is 18.2 Å². The molecule has 5 heteroatoms. The minimum Gasteiger partial charge on any atom is -0.455 e. The summed E-state index contributed by atoms with van der Waals surface area (Å²) in [6.45, 7) is 6.05. The summed E-state index contributed by atoms with van der Waals surface area (Å²) in [4.78, 5) is 27.5. The van der Waals surface area contributed by atoms with E-state index < -0.39 is 0 Å². The Kier molecular flexibility index (Phi) is 4.21. The van der Waals surface area contributed by atoms with Crippen LogP contribution in [-0.4, -0.2) is 22.6 Å². The summed E-state index contributed by atoms with van der Waals surface area (Å²) in [5.74, 6) is 0.309. The van der Waals surface area contributed by atoms with Crippen molar-refractivity contribution in [3.05, 3.63) is 58.3 Å². The van der Waals surface area contributed by atoms with E-state index in [4.69, 9.17) is 4.42 Å². The predicted octanol–water partition coefficient (Wildman–Crippen LogP) is 4.69. The maximum Gasteiger partial charge on any atom is 0.290 e. The predicted molar refractivity (Wildman–Crippen MR) is 99.2 cm³/mol. The van der Waals surface area contributed by atoms with Gasteiger partial charge < -0.3 is 9.32 Å². The van der Waals surface area contributed by atoms with Gasteiger partial charge in [-0.25, -0.2) is 4.39 Å². The number of hydrogen-bond acceptors (Lipinski definition) is 3. The van der Waals surface area contributed by atoms with E-state index in [9.17, 15) is 14.0 Å². The third-order valence-electron chi connectivity index (χ3n) is 5.52. The van der Waals surface area contributed by atoms with Gasteiger partial charge >= 0.3 is 0 Å². The van der Waals surface area contributed by atoms with Crippen molar-refractivity contribution >= 4 is 11.7 Å². The number of furan rings is 1. The second-order valence-electron chi connectivity index (χ2n) is 8.55. The molecule has 0 aliphatic heterocycles. The number of rotatable bonds is 4. The lowest BCUT2D eigenvalue weighted by Gasteiger charge is -2.27. The van der Waals surface area contributed by atoms with Crippen LogP contribution >= 0.6 is 0 Å². The summed E-state index contributed by atoms with van der Waals surface area (Å²) in [6.07, 6.45) is 2.91. The molecule has 2 aromatic rings. The normalized spacial score (nSPS) is 18.3. The summed E-state index contributed by atoms with van der Waals surface area (Å²) in [6, 6.07) is 6.61. The standard InChI is InChI=1S/C22H24FNO3/c1-13-19-17(25)10-22(2,3)11-18(19)27-20(13)21(26)24(15-8-9-15)12-14-6-4-5-7-16(14)23/h4-7,15H,8-12H2,1-3H3. The van der Waals surface area contributed by atoms with Gasteiger partial charge in [0.25, 0.3) is 5.91 Å². The van der Waals surface area contributed by atoms with Crippen molar-refractivity contribution in [2.75, 3.05) is 0 Å². The zero-order valence-electron chi connectivity index (χ0n) is 16.0. The fourth-order valence-electron chi connectivity index (χ4n) is 3.98. The van der Waals surface area contributed by atoms with E-state index in [-0.39, 0.29) is 41.3 Å². The molecule has 1 aromatic heterocycles. The Bertz CT molecular complexity index is 924. The van der Waals surface area contributed by atoms with Crippen molar-refractivity contribution in [3.8, 4) is 0 Å². The zero-order chi connectivity index (χ0) is 19.3. The number of amides is 1. The van der Waals surface area contributed by atoms with E-state index in [1.165, 1.54) is 6.07 Å². The molecule has 1 amide bonds. The van der Waals surface area contributed by atoms with Crippen molar-refractivity contribution in [2.45, 2.75) is 59.0 Å². The third kappa shape index (κ3) is 3.31. The van der Waals surface area contributed by atoms with Crippen molar-refractivity contribution in [3.63, 3.8) is 0 Å². The molecule has 1 heterocycles. The van der Waals surface area contributed by atoms with Gasteiger partial charge in [-0.1, -0.05) is 32.0 Å². The Balaban J connectivity index is 1.67. The minimum absolute atomic E-state index is 0.0358. The first-order valence-electron chi connectivity index (χ1n) is 9.47. The number of carbonyl (C=O) groups is 2. The maximum atomic E-state index is 14.1. The summed E-state index contributed by atoms with van der Waals surface area (Å²) >= 11 is 0. The van der Waals surface area contributed by atoms with Crippen LogP contribution in [0.25, 0.3) is 0 Å². The highest BCUT2D eigenvalue weighted by molar-refractivity contribution is 6.03. The van der Waals surface area contributed by atoms with E-state index in [1.54, 1.807) is 30.0 Å². The van der Waals surface area contributed by atoms with Gasteiger partial charge in [0.05, 0.1) is 5.56 Å². The lowest BCUT2D eigenvalue weighted by atomic mass is 9.76. The van der Waals surface area contributed by atoms with Crippen molar-refractivity contribution in [1.82, 2.24) is 4.90 Å². The fourth-order valence-corrected chi connectivity index (χ4v) is 3.98. The molecular formula is C22H24FNO3. The molecule has 27 heavy (non-hydrogen) atoms. The first-order chi connectivity index (χ1) is 12.8. The lowest BCUT2D eigenvalue weighted by molar-refractivity contribution is 0.0689. The van der Waals surface area contributed by atoms with Gasteiger partial charge in [0.2, 0.25) is 0 Å². The lowest BCUT2D eigenvalue weighted by Crippen LogP contribution is -2.33. The molecule has 0 atom stereocenters. The van der Waals surface area contributed by atoms with Crippen LogP contribution in [0.1, 0.15) is 70.9 Å². The minimum atomic E-state index is -0.316. The topological polar surface area (TPSA) is 50.5 Å². The van der Waals surface area contributed by atoms with Crippen LogP contribution in [0.5, 0.6) is 0 Å². The average molecular weight is 369 g/mol. The molecule has 1 aromatic carbocycles. The highest BCUT2D eigenvalue weighted by Gasteiger charge is 2.40. The molecule has 4 rings (SSSR count). The van der Waals surface area contributed by atoms with Crippen LogP contribution in [0.2, 0.25) is 0 Å². The number of ketones is 1. The van der Waals surface area contributed by atoms with Gasteiger partial charge in [-0.15, -0.1) is 0 Å². The number of carbonyl (C=O) groups excluding carboxylic acids is 2. The Hall–Kier alpha value is -2.43. The first kappa shape index (κ1) is 18.0. The summed E-state index contributed by atoms with van der Waals surface area (Å²) < 4.78 is 20.0. The first-order valence-corrected chi connectivity index (χ1v) is 9.47. The Morgan fingerprint density at radius 2 is 1.96 bits per heavy atom. The number of Topliss-reactive ketones (excluding diaryl/α,β-unsaturated/α-hetero) is 1. The summed E-state index contributed by atoms with van der Waals surface area (Å²) in [5, 5.41) is 0. The fraction of sp³-hybridized carbons (Fsp3) is 0.455. The Labute approximate surface area is 158 Å². The Morgan fingerprint density at radius 1 is 1.26 bits per heavy atom. The maximum absolute atomic E-state index is 14.1. The molecule has 4 nitrogen and oxygen atoms in total. The van der Waals surface area contributed by atoms with E-state index in [1.807, 2.05) is 13.8 Å². The monoisotopic (exact) mass is 369 g/mol. The molecule has 0 spiro atoms. The molecule has 0 radical (unpaired) electrons. The van der Waals surface area contributed by atoms with Gasteiger partial charge in [-0.05, 0) is 31.2 Å². The van der Waals surface area contributed by atoms with Gasteiger partial charge in [0.15, 0.2) is 11.5 Å². The largest absolute Gasteiger partial charge is 0.455 e. The highest BCUT2D eigenvalue weighted by Crippen LogP contribution is 2.39. The van der Waals surface area contributed by atoms with Crippen molar-refractivity contribution in [2.24, 2.45) is 5.41 Å². The molecule has 0 N–H and O–H groups in total. The quantitative estimate of drug-likeness (QED) is 0.786. The van der Waals surface area contributed by atoms with Crippen LogP contribution in [0.3, 0.4) is 0 Å². The zero-order valence-corrected chi connectivity index (χ0v) is 16.0. The van der Waals surface area contributed by atoms with E-state index in [2.05, 4.69) is 0 Å². The molecule has 1 saturated carbocycles. The van der Waals surface area contributed by atoms with Gasteiger partial charge in [0.1, 0.15) is 11.6 Å². The number of benzene rings is 1. The van der Waals surface area contributed by atoms with Gasteiger partial charge in [0, 0.05) is 36.6 Å². The smallest absolute Gasteiger partial charge is 0.290 e. The third-order valence-corrected chi connectivity index (χ3v) is 5.52. The van der Waals surface area contributed by atoms with Crippen molar-refractivity contribution in [1.29, 1.82) is 0 Å². The SMILES string of the molecule is Cc1c(C(=O)N(Cc2ccccc2F)C2CC2)oc2c1C(=O)CC(C)(C)C2. The second-order valence-corrected chi connectivity index (χ2v) is 8.55. The van der Waals surface area contributed by atoms with E-state index in [0.29, 0.717) is 35.3 Å². The van der Waals surface area contributed by atoms with Crippen LogP contribution in [0.15, 0.2) is 28.7 Å². The number of nitrogens with zero attached hydrogens (tertiary/aromatic N) is 1. The number of hydrogen-bond donors (Lipinski definition) is 0. The van der Waals surface area contributed by atoms with Gasteiger partial charge in [-0.3, -0.25) is 9.59 Å². The van der Waals surface area contributed by atoms with Crippen LogP contribution in [0.4, 0.5) is 4.39 Å². The molecule has 2 aliphatic rings. The van der Waals surface area contributed by atoms with E-state index in [0.717, 1.165) is 12.8 Å². The summed E-state index contributed by atoms with van der Waals surface area (Å²) in [5.41, 5.74) is 1.51. The Morgan fingerprint density at radius 3 is 2.63 bits per heavy atom. The molecule has 2 aliphatic carbocycles. The van der Waals surface area contributed by atoms with Crippen LogP contribution in [-0.2, 0) is 13.0 Å². The molecule has 0 saturated heterocycles. The second kappa shape index (κ2) is 6.32. The van der Waals surface area contributed by atoms with E-state index >= 15 is 0 Å². The average Bonchev–Trinajstić information content (AvgIpc) is 3.36. The van der Waals surface area contributed by atoms with Crippen molar-refractivity contribution < 1.29 is 18.4 Å². The number of halogens is 1. The van der Waals surface area contributed by atoms with Gasteiger partial charge in [-0.2, -0.15) is 0 Å². The molecule has 0 unspecified atom stereocenters. The molecule has 1 fully saturated rings. The number of fused-ring (bicyclic) bond motifs is 1. The molecular weight excluding hydrogens is 345 g/mol. The molecule has 142 valence electrons. The van der Waals surface area contributed by atoms with Crippen LogP contribution < -0.4 is 0 Å².